The summed E-state index contributed by atoms with van der Waals surface area (Å²) in [6.07, 6.45) is 24.3. The van der Waals surface area contributed by atoms with Crippen LogP contribution in [0.3, 0.4) is 0 Å². The van der Waals surface area contributed by atoms with E-state index >= 15 is 0 Å². The van der Waals surface area contributed by atoms with Crippen LogP contribution in [0.1, 0.15) is 128 Å². The number of anilines is 1. The van der Waals surface area contributed by atoms with Crippen molar-refractivity contribution in [2.75, 3.05) is 5.73 Å². The van der Waals surface area contributed by atoms with Crippen LogP contribution in [0.4, 0.5) is 5.69 Å². The van der Waals surface area contributed by atoms with E-state index in [1.807, 2.05) is 0 Å². The summed E-state index contributed by atoms with van der Waals surface area (Å²) in [6.45, 7) is 4.59. The summed E-state index contributed by atoms with van der Waals surface area (Å²) in [5.41, 5.74) is 13.4. The lowest BCUT2D eigenvalue weighted by molar-refractivity contribution is 0.571. The van der Waals surface area contributed by atoms with Gasteiger partial charge in [0.1, 0.15) is 0 Å². The van der Waals surface area contributed by atoms with Gasteiger partial charge in [0.05, 0.1) is 0 Å². The summed E-state index contributed by atoms with van der Waals surface area (Å²) in [5, 5.41) is 2.40. The van der Waals surface area contributed by atoms with Crippen LogP contribution in [-0.4, -0.2) is 0 Å². The van der Waals surface area contributed by atoms with Crippen LogP contribution in [0.15, 0.2) is 54.6 Å². The van der Waals surface area contributed by atoms with E-state index in [1.54, 1.807) is 11.1 Å². The van der Waals surface area contributed by atoms with E-state index in [0.29, 0.717) is 0 Å². The molecule has 37 heavy (non-hydrogen) atoms. The number of fused-ring (bicyclic) bond motifs is 1. The Hall–Kier alpha value is -2.28. The van der Waals surface area contributed by atoms with E-state index in [4.69, 9.17) is 5.73 Å². The molecule has 0 heterocycles. The van der Waals surface area contributed by atoms with Crippen molar-refractivity contribution in [2.45, 2.75) is 129 Å². The van der Waals surface area contributed by atoms with Crippen molar-refractivity contribution < 1.29 is 0 Å². The van der Waals surface area contributed by atoms with Gasteiger partial charge in [-0.3, -0.25) is 0 Å². The minimum atomic E-state index is 0.930. The first-order valence-electron chi connectivity index (χ1n) is 15.6. The zero-order chi connectivity index (χ0) is 26.1. The third-order valence-corrected chi connectivity index (χ3v) is 8.11. The number of hydrogen-bond acceptors (Lipinski definition) is 1. The van der Waals surface area contributed by atoms with Gasteiger partial charge in [-0.25, -0.2) is 0 Å². The third-order valence-electron chi connectivity index (χ3n) is 8.11. The molecular weight excluding hydrogens is 446 g/mol. The molecule has 0 fully saturated rings. The van der Waals surface area contributed by atoms with Crippen LogP contribution >= 0.6 is 0 Å². The first-order chi connectivity index (χ1) is 18.3. The van der Waals surface area contributed by atoms with Gasteiger partial charge < -0.3 is 5.73 Å². The molecule has 0 spiro atoms. The molecule has 0 atom stereocenters. The summed E-state index contributed by atoms with van der Waals surface area (Å²) in [4.78, 5) is 0. The minimum Gasteiger partial charge on any atom is -0.398 e. The summed E-state index contributed by atoms with van der Waals surface area (Å²) in [7, 11) is 0. The number of unbranched alkanes of at least 4 members (excludes halogenated alkanes) is 14. The van der Waals surface area contributed by atoms with E-state index in [2.05, 4.69) is 68.4 Å². The molecule has 202 valence electrons. The van der Waals surface area contributed by atoms with Crippen molar-refractivity contribution in [2.24, 2.45) is 0 Å². The highest BCUT2D eigenvalue weighted by Crippen LogP contribution is 2.36. The monoisotopic (exact) mass is 499 g/mol. The second-order valence-corrected chi connectivity index (χ2v) is 11.1. The molecule has 1 heteroatoms. The number of hydrogen-bond donors (Lipinski definition) is 1. The molecule has 3 aromatic carbocycles. The summed E-state index contributed by atoms with van der Waals surface area (Å²) >= 11 is 0. The number of aryl methyl sites for hydroxylation is 1. The van der Waals surface area contributed by atoms with Crippen molar-refractivity contribution in [1.82, 2.24) is 0 Å². The largest absolute Gasteiger partial charge is 0.398 e. The van der Waals surface area contributed by atoms with E-state index in [0.717, 1.165) is 5.69 Å². The maximum absolute atomic E-state index is 6.79. The topological polar surface area (TPSA) is 26.0 Å². The molecule has 0 bridgehead atoms. The highest BCUT2D eigenvalue weighted by atomic mass is 14.6. The quantitative estimate of drug-likeness (QED) is 0.129. The minimum absolute atomic E-state index is 0.930. The summed E-state index contributed by atoms with van der Waals surface area (Å²) < 4.78 is 0. The molecule has 0 saturated carbocycles. The summed E-state index contributed by atoms with van der Waals surface area (Å²) in [5.74, 6) is 0. The molecule has 0 unspecified atom stereocenters. The lowest BCUT2D eigenvalue weighted by atomic mass is 9.88. The predicted octanol–water partition coefficient (Wildman–Crippen LogP) is 11.5. The molecule has 0 aromatic heterocycles. The van der Waals surface area contributed by atoms with Gasteiger partial charge >= 0.3 is 0 Å². The van der Waals surface area contributed by atoms with Gasteiger partial charge in [-0.05, 0) is 47.8 Å². The average Bonchev–Trinajstić information content (AvgIpc) is 2.92. The zero-order valence-corrected chi connectivity index (χ0v) is 24.0. The average molecular weight is 500 g/mol. The zero-order valence-electron chi connectivity index (χ0n) is 24.0. The number of nitrogens with two attached hydrogens (primary N) is 1. The molecular formula is C36H53N. The van der Waals surface area contributed by atoms with Crippen molar-refractivity contribution in [1.29, 1.82) is 0 Å². The fourth-order valence-corrected chi connectivity index (χ4v) is 5.83. The Morgan fingerprint density at radius 1 is 0.486 bits per heavy atom. The lowest BCUT2D eigenvalue weighted by Gasteiger charge is -2.18. The van der Waals surface area contributed by atoms with E-state index < -0.39 is 0 Å². The van der Waals surface area contributed by atoms with Crippen LogP contribution in [0.5, 0.6) is 0 Å². The van der Waals surface area contributed by atoms with Crippen LogP contribution < -0.4 is 5.73 Å². The van der Waals surface area contributed by atoms with E-state index in [9.17, 15) is 0 Å². The molecule has 0 saturated heterocycles. The third kappa shape index (κ3) is 9.51. The first kappa shape index (κ1) is 29.3. The smallest absolute Gasteiger partial charge is 0.0473 e. The van der Waals surface area contributed by atoms with Crippen LogP contribution in [0.25, 0.3) is 21.9 Å². The fourth-order valence-electron chi connectivity index (χ4n) is 5.83. The molecule has 0 aliphatic rings. The Bertz CT molecular complexity index is 1030. The molecule has 3 rings (SSSR count). The molecule has 0 amide bonds. The highest BCUT2D eigenvalue weighted by molar-refractivity contribution is 6.00. The molecule has 3 aromatic rings. The molecule has 1 nitrogen and oxygen atoms in total. The van der Waals surface area contributed by atoms with Crippen LogP contribution in [0.2, 0.25) is 0 Å². The van der Waals surface area contributed by atoms with Gasteiger partial charge in [0.15, 0.2) is 0 Å². The van der Waals surface area contributed by atoms with E-state index in [-0.39, 0.29) is 0 Å². The Morgan fingerprint density at radius 2 is 1.05 bits per heavy atom. The van der Waals surface area contributed by atoms with Crippen LogP contribution in [-0.2, 0) is 12.8 Å². The Labute approximate surface area is 228 Å². The van der Waals surface area contributed by atoms with Gasteiger partial charge in [0.2, 0.25) is 0 Å². The highest BCUT2D eigenvalue weighted by Gasteiger charge is 2.14. The number of rotatable bonds is 19. The van der Waals surface area contributed by atoms with Gasteiger partial charge in [0.25, 0.3) is 0 Å². The standard InChI is InChI=1S/C36H53N/c1-3-5-7-9-11-13-15-17-22-30-24-21-27-34(32(30)25-18-16-14-12-10-8-6-4-2)35-29-28-31-23-19-20-26-33(31)36(35)37/h19-21,23-24,26-29H,3-18,22,25,37H2,1-2H3. The predicted molar refractivity (Wildman–Crippen MR) is 166 cm³/mol. The maximum Gasteiger partial charge on any atom is 0.0473 e. The maximum atomic E-state index is 6.79. The van der Waals surface area contributed by atoms with Crippen molar-refractivity contribution in [3.63, 3.8) is 0 Å². The van der Waals surface area contributed by atoms with Gasteiger partial charge in [-0.1, -0.05) is 158 Å². The normalized spacial score (nSPS) is 11.4. The second kappa shape index (κ2) is 17.3. The first-order valence-corrected chi connectivity index (χ1v) is 15.6. The van der Waals surface area contributed by atoms with Crippen molar-refractivity contribution in [3.8, 4) is 11.1 Å². The van der Waals surface area contributed by atoms with Gasteiger partial charge in [-0.2, -0.15) is 0 Å². The summed E-state index contributed by atoms with van der Waals surface area (Å²) in [6, 6.07) is 20.0. The molecule has 0 radical (unpaired) electrons. The Morgan fingerprint density at radius 3 is 1.70 bits per heavy atom. The molecule has 0 aliphatic carbocycles. The molecule has 0 aliphatic heterocycles. The molecule has 2 N–H and O–H groups in total. The fraction of sp³-hybridized carbons (Fsp3) is 0.556. The number of nitrogen functional groups attached to an aromatic ring is 1. The van der Waals surface area contributed by atoms with Gasteiger partial charge in [-0.15, -0.1) is 0 Å². The second-order valence-electron chi connectivity index (χ2n) is 11.1. The Balaban J connectivity index is 1.69. The van der Waals surface area contributed by atoms with Crippen LogP contribution in [0, 0.1) is 0 Å². The lowest BCUT2D eigenvalue weighted by Crippen LogP contribution is -2.01. The SMILES string of the molecule is CCCCCCCCCCc1cccc(-c2ccc3ccccc3c2N)c1CCCCCCCCCC. The number of benzene rings is 3. The van der Waals surface area contributed by atoms with Crippen molar-refractivity contribution >= 4 is 16.5 Å². The van der Waals surface area contributed by atoms with Crippen molar-refractivity contribution in [3.05, 3.63) is 65.7 Å². The van der Waals surface area contributed by atoms with E-state index in [1.165, 1.54) is 137 Å². The van der Waals surface area contributed by atoms with Gasteiger partial charge in [0, 0.05) is 16.6 Å². The Kier molecular flexibility index (Phi) is 13.7.